The molecule has 0 aliphatic heterocycles. The predicted octanol–water partition coefficient (Wildman–Crippen LogP) is 20.2. The third-order valence-corrected chi connectivity index (χ3v) is 13.4. The van der Waals surface area contributed by atoms with E-state index in [4.69, 9.17) is 14.2 Å². The highest BCUT2D eigenvalue weighted by Crippen LogP contribution is 2.17. The van der Waals surface area contributed by atoms with Crippen LogP contribution in [0.4, 0.5) is 0 Å². The first kappa shape index (κ1) is 66.4. The quantitative estimate of drug-likeness (QED) is 0.0199. The first-order valence-corrected chi connectivity index (χ1v) is 30.2. The van der Waals surface area contributed by atoms with Gasteiger partial charge >= 0.3 is 17.9 Å². The van der Waals surface area contributed by atoms with Crippen LogP contribution in [0, 0.1) is 0 Å². The van der Waals surface area contributed by atoms with Gasteiger partial charge in [-0.25, -0.2) is 0 Å². The highest BCUT2D eigenvalue weighted by Gasteiger charge is 2.19. The molecule has 0 radical (unpaired) electrons. The molecule has 0 saturated carbocycles. The largest absolute Gasteiger partial charge is 0.462 e. The molecule has 0 N–H and O–H groups in total. The lowest BCUT2D eigenvalue weighted by Gasteiger charge is -2.18. The van der Waals surface area contributed by atoms with Crippen molar-refractivity contribution in [1.29, 1.82) is 0 Å². The fraction of sp³-hybridized carbons (Fsp3) is 0.825. The Morgan fingerprint density at radius 1 is 0.304 bits per heavy atom. The summed E-state index contributed by atoms with van der Waals surface area (Å²) in [6.07, 6.45) is 71.0. The van der Waals surface area contributed by atoms with E-state index < -0.39 is 6.10 Å². The number of hydrogen-bond acceptors (Lipinski definition) is 6. The summed E-state index contributed by atoms with van der Waals surface area (Å²) in [7, 11) is 0. The van der Waals surface area contributed by atoms with Gasteiger partial charge in [-0.2, -0.15) is 0 Å². The van der Waals surface area contributed by atoms with E-state index in [0.717, 1.165) is 70.6 Å². The minimum atomic E-state index is -0.778. The van der Waals surface area contributed by atoms with Crippen molar-refractivity contribution in [1.82, 2.24) is 0 Å². The maximum atomic E-state index is 12.9. The zero-order valence-corrected chi connectivity index (χ0v) is 46.1. The van der Waals surface area contributed by atoms with Crippen LogP contribution in [0.5, 0.6) is 0 Å². The number of ether oxygens (including phenoxy) is 3. The summed E-state index contributed by atoms with van der Waals surface area (Å²) in [5, 5.41) is 0. The van der Waals surface area contributed by atoms with E-state index in [2.05, 4.69) is 69.4 Å². The molecule has 1 atom stereocenters. The van der Waals surface area contributed by atoms with E-state index >= 15 is 0 Å². The molecule has 0 rings (SSSR count). The molecule has 1 unspecified atom stereocenters. The second kappa shape index (κ2) is 57.9. The molecular formula is C63H114O6. The topological polar surface area (TPSA) is 78.9 Å². The molecule has 0 aliphatic carbocycles. The molecule has 0 aliphatic rings. The normalized spacial score (nSPS) is 12.3. The minimum absolute atomic E-state index is 0.0761. The Bertz CT molecular complexity index is 1200. The fourth-order valence-electron chi connectivity index (χ4n) is 8.85. The van der Waals surface area contributed by atoms with Gasteiger partial charge in [-0.1, -0.05) is 281 Å². The molecule has 0 bridgehead atoms. The monoisotopic (exact) mass is 967 g/mol. The number of allylic oxidation sites excluding steroid dienone is 8. The van der Waals surface area contributed by atoms with E-state index in [0.29, 0.717) is 19.3 Å². The molecule has 0 spiro atoms. The second-order valence-electron chi connectivity index (χ2n) is 20.3. The molecule has 0 aromatic carbocycles. The first-order chi connectivity index (χ1) is 34.0. The van der Waals surface area contributed by atoms with Crippen LogP contribution in [0.1, 0.15) is 316 Å². The highest BCUT2D eigenvalue weighted by atomic mass is 16.6. The van der Waals surface area contributed by atoms with Gasteiger partial charge < -0.3 is 14.2 Å². The Balaban J connectivity index is 4.35. The van der Waals surface area contributed by atoms with Crippen molar-refractivity contribution >= 4 is 17.9 Å². The molecule has 0 aromatic heterocycles. The van der Waals surface area contributed by atoms with Crippen LogP contribution < -0.4 is 0 Å². The SMILES string of the molecule is CC\C=C/C=C\C=C/CCCCCCCCCC(=O)OCC(COC(=O)CCCCCCCCC/C=C\CCCCCCCCCC)OC(=O)CCCCCCCCCCCCCCCCCCC. The third kappa shape index (κ3) is 56.2. The van der Waals surface area contributed by atoms with E-state index in [9.17, 15) is 14.4 Å². The number of carbonyl (C=O) groups excluding carboxylic acids is 3. The first-order valence-electron chi connectivity index (χ1n) is 30.2. The molecule has 0 fully saturated rings. The number of esters is 3. The van der Waals surface area contributed by atoms with Crippen molar-refractivity contribution in [3.63, 3.8) is 0 Å². The van der Waals surface area contributed by atoms with Crippen molar-refractivity contribution in [2.45, 2.75) is 322 Å². The minimum Gasteiger partial charge on any atom is -0.462 e. The summed E-state index contributed by atoms with van der Waals surface area (Å²) in [5.41, 5.74) is 0. The van der Waals surface area contributed by atoms with Crippen molar-refractivity contribution in [2.75, 3.05) is 13.2 Å². The lowest BCUT2D eigenvalue weighted by Crippen LogP contribution is -2.30. The van der Waals surface area contributed by atoms with Gasteiger partial charge in [-0.05, 0) is 64.2 Å². The Labute approximate surface area is 428 Å². The Hall–Kier alpha value is -2.63. The van der Waals surface area contributed by atoms with Crippen molar-refractivity contribution < 1.29 is 28.6 Å². The van der Waals surface area contributed by atoms with Gasteiger partial charge in [-0.3, -0.25) is 14.4 Å². The van der Waals surface area contributed by atoms with Crippen LogP contribution in [0.3, 0.4) is 0 Å². The van der Waals surface area contributed by atoms with Crippen LogP contribution in [0.2, 0.25) is 0 Å². The highest BCUT2D eigenvalue weighted by molar-refractivity contribution is 5.71. The zero-order valence-electron chi connectivity index (χ0n) is 46.1. The van der Waals surface area contributed by atoms with E-state index in [1.165, 1.54) is 205 Å². The summed E-state index contributed by atoms with van der Waals surface area (Å²) in [6, 6.07) is 0. The molecule has 6 nitrogen and oxygen atoms in total. The van der Waals surface area contributed by atoms with Crippen LogP contribution >= 0.6 is 0 Å². The third-order valence-electron chi connectivity index (χ3n) is 13.4. The summed E-state index contributed by atoms with van der Waals surface area (Å²) >= 11 is 0. The van der Waals surface area contributed by atoms with E-state index in [-0.39, 0.29) is 31.1 Å². The summed E-state index contributed by atoms with van der Waals surface area (Å²) in [4.78, 5) is 38.2. The predicted molar refractivity (Wildman–Crippen MR) is 298 cm³/mol. The summed E-state index contributed by atoms with van der Waals surface area (Å²) in [6.45, 7) is 6.54. The average molecular weight is 968 g/mol. The Kier molecular flexibility index (Phi) is 55.7. The van der Waals surface area contributed by atoms with Crippen molar-refractivity contribution in [3.05, 3.63) is 48.6 Å². The Morgan fingerprint density at radius 3 is 0.913 bits per heavy atom. The molecule has 0 aromatic rings. The summed E-state index contributed by atoms with van der Waals surface area (Å²) in [5.74, 6) is -0.874. The summed E-state index contributed by atoms with van der Waals surface area (Å²) < 4.78 is 16.9. The lowest BCUT2D eigenvalue weighted by atomic mass is 10.0. The van der Waals surface area contributed by atoms with Gasteiger partial charge in [0.1, 0.15) is 13.2 Å². The molecule has 0 amide bonds. The smallest absolute Gasteiger partial charge is 0.306 e. The molecule has 0 heterocycles. The van der Waals surface area contributed by atoms with E-state index in [1.54, 1.807) is 0 Å². The maximum Gasteiger partial charge on any atom is 0.306 e. The fourth-order valence-corrected chi connectivity index (χ4v) is 8.85. The van der Waals surface area contributed by atoms with Crippen LogP contribution in [-0.4, -0.2) is 37.2 Å². The van der Waals surface area contributed by atoms with Gasteiger partial charge in [0.2, 0.25) is 0 Å². The number of carbonyl (C=O) groups is 3. The molecule has 0 saturated heterocycles. The average Bonchev–Trinajstić information content (AvgIpc) is 3.35. The van der Waals surface area contributed by atoms with Gasteiger partial charge in [0.05, 0.1) is 0 Å². The van der Waals surface area contributed by atoms with Gasteiger partial charge in [0, 0.05) is 19.3 Å². The van der Waals surface area contributed by atoms with Crippen LogP contribution in [0.15, 0.2) is 48.6 Å². The van der Waals surface area contributed by atoms with Gasteiger partial charge in [0.25, 0.3) is 0 Å². The molecule has 69 heavy (non-hydrogen) atoms. The molecule has 402 valence electrons. The Morgan fingerprint density at radius 2 is 0.580 bits per heavy atom. The van der Waals surface area contributed by atoms with Crippen LogP contribution in [0.25, 0.3) is 0 Å². The maximum absolute atomic E-state index is 12.9. The number of rotatable bonds is 55. The van der Waals surface area contributed by atoms with Gasteiger partial charge in [0.15, 0.2) is 6.10 Å². The van der Waals surface area contributed by atoms with Crippen molar-refractivity contribution in [2.24, 2.45) is 0 Å². The number of unbranched alkanes of at least 4 members (excludes halogenated alkanes) is 38. The lowest BCUT2D eigenvalue weighted by molar-refractivity contribution is -0.167. The second-order valence-corrected chi connectivity index (χ2v) is 20.3. The molecular weight excluding hydrogens is 853 g/mol. The zero-order chi connectivity index (χ0) is 50.0. The van der Waals surface area contributed by atoms with Gasteiger partial charge in [-0.15, -0.1) is 0 Å². The molecule has 6 heteroatoms. The standard InChI is InChI=1S/C63H114O6/c1-4-7-10-13-16-19-22-25-28-30-31-33-35-38-41-44-47-50-53-56-62(65)68-59-60(58-67-61(64)55-52-49-46-43-40-37-34-27-24-21-18-15-12-9-6-3)69-63(66)57-54-51-48-45-42-39-36-32-29-26-23-20-17-14-11-8-5-2/h9,12,15,18,21,24,30-31,60H,4-8,10-11,13-14,16-17,19-20,22-23,25-29,32-59H2,1-3H3/b12-9-,18-15-,24-21-,31-30-. The van der Waals surface area contributed by atoms with Crippen LogP contribution in [-0.2, 0) is 28.6 Å². The number of hydrogen-bond donors (Lipinski definition) is 0. The van der Waals surface area contributed by atoms with E-state index in [1.807, 2.05) is 0 Å². The van der Waals surface area contributed by atoms with Crippen molar-refractivity contribution in [3.8, 4) is 0 Å².